The maximum absolute atomic E-state index is 12.3. The minimum Gasteiger partial charge on any atom is -0.350 e. The first-order valence-corrected chi connectivity index (χ1v) is 7.62. The van der Waals surface area contributed by atoms with Gasteiger partial charge >= 0.3 is 0 Å². The average Bonchev–Trinajstić information content (AvgIpc) is 2.55. The van der Waals surface area contributed by atoms with Crippen LogP contribution in [-0.2, 0) is 6.54 Å². The van der Waals surface area contributed by atoms with Crippen molar-refractivity contribution in [1.82, 2.24) is 14.9 Å². The number of rotatable bonds is 6. The highest BCUT2D eigenvalue weighted by Gasteiger charge is 2.14. The molecule has 1 amide bonds. The van der Waals surface area contributed by atoms with E-state index in [1.54, 1.807) is 17.2 Å². The van der Waals surface area contributed by atoms with Crippen LogP contribution in [0.5, 0.6) is 0 Å². The van der Waals surface area contributed by atoms with Gasteiger partial charge in [0.1, 0.15) is 5.69 Å². The van der Waals surface area contributed by atoms with Gasteiger partial charge in [0.25, 0.3) is 5.91 Å². The molecule has 0 saturated carbocycles. The van der Waals surface area contributed by atoms with Crippen LogP contribution < -0.4 is 5.32 Å². The van der Waals surface area contributed by atoms with Gasteiger partial charge in [-0.2, -0.15) is 0 Å². The summed E-state index contributed by atoms with van der Waals surface area (Å²) in [6.07, 6.45) is 1.59. The summed E-state index contributed by atoms with van der Waals surface area (Å²) in [4.78, 5) is 22.4. The van der Waals surface area contributed by atoms with Crippen molar-refractivity contribution in [3.63, 3.8) is 0 Å². The third kappa shape index (κ3) is 4.18. The molecule has 22 heavy (non-hydrogen) atoms. The van der Waals surface area contributed by atoms with Crippen molar-refractivity contribution in [2.24, 2.45) is 0 Å². The van der Waals surface area contributed by atoms with Gasteiger partial charge in [0.05, 0.1) is 0 Å². The highest BCUT2D eigenvalue weighted by Crippen LogP contribution is 2.11. The Kier molecular flexibility index (Phi) is 5.72. The van der Waals surface area contributed by atoms with E-state index in [1.807, 2.05) is 38.1 Å². The summed E-state index contributed by atoms with van der Waals surface area (Å²) in [5.41, 5.74) is 1.46. The molecule has 6 heteroatoms. The predicted molar refractivity (Wildman–Crippen MR) is 88.1 cm³/mol. The van der Waals surface area contributed by atoms with Crippen LogP contribution in [0.3, 0.4) is 0 Å². The molecule has 0 aliphatic carbocycles. The van der Waals surface area contributed by atoms with E-state index in [9.17, 15) is 4.79 Å². The van der Waals surface area contributed by atoms with Crippen LogP contribution in [0.2, 0.25) is 5.02 Å². The molecule has 0 saturated heterocycles. The number of hydrogen-bond acceptors (Lipinski definition) is 4. The zero-order chi connectivity index (χ0) is 15.9. The number of carbonyl (C=O) groups is 1. The number of anilines is 1. The molecule has 0 aliphatic rings. The summed E-state index contributed by atoms with van der Waals surface area (Å²) in [5.74, 6) is 0.356. The van der Waals surface area contributed by atoms with Crippen LogP contribution in [0, 0.1) is 0 Å². The molecule has 1 aromatic heterocycles. The van der Waals surface area contributed by atoms with Crippen LogP contribution in [-0.4, -0.2) is 33.9 Å². The van der Waals surface area contributed by atoms with Gasteiger partial charge in [-0.15, -0.1) is 0 Å². The smallest absolute Gasteiger partial charge is 0.272 e. The Morgan fingerprint density at radius 2 is 1.86 bits per heavy atom. The van der Waals surface area contributed by atoms with Crippen molar-refractivity contribution in [2.45, 2.75) is 20.4 Å². The summed E-state index contributed by atoms with van der Waals surface area (Å²) in [6, 6.07) is 9.16. The van der Waals surface area contributed by atoms with Crippen molar-refractivity contribution < 1.29 is 4.79 Å². The SMILES string of the molecule is CCN(CC)C(=O)c1ccnc(NCc2ccc(Cl)cc2)n1. The van der Waals surface area contributed by atoms with Gasteiger partial charge in [-0.1, -0.05) is 23.7 Å². The lowest BCUT2D eigenvalue weighted by molar-refractivity contribution is 0.0767. The van der Waals surface area contributed by atoms with E-state index in [0.717, 1.165) is 5.56 Å². The lowest BCUT2D eigenvalue weighted by Crippen LogP contribution is -2.31. The summed E-state index contributed by atoms with van der Waals surface area (Å²) in [7, 11) is 0. The van der Waals surface area contributed by atoms with Gasteiger partial charge in [0.15, 0.2) is 0 Å². The Morgan fingerprint density at radius 3 is 2.50 bits per heavy atom. The molecule has 1 heterocycles. The molecular formula is C16H19ClN4O. The first-order valence-electron chi connectivity index (χ1n) is 7.24. The van der Waals surface area contributed by atoms with Gasteiger partial charge in [-0.3, -0.25) is 4.79 Å². The van der Waals surface area contributed by atoms with Crippen LogP contribution in [0.4, 0.5) is 5.95 Å². The number of benzene rings is 1. The lowest BCUT2D eigenvalue weighted by atomic mass is 10.2. The number of carbonyl (C=O) groups excluding carboxylic acids is 1. The Bertz CT molecular complexity index is 626. The fraction of sp³-hybridized carbons (Fsp3) is 0.312. The van der Waals surface area contributed by atoms with E-state index in [1.165, 1.54) is 0 Å². The molecule has 0 aliphatic heterocycles. The Balaban J connectivity index is 2.05. The van der Waals surface area contributed by atoms with Crippen molar-refractivity contribution in [3.8, 4) is 0 Å². The summed E-state index contributed by atoms with van der Waals surface area (Å²) in [5, 5.41) is 3.82. The largest absolute Gasteiger partial charge is 0.350 e. The first-order chi connectivity index (χ1) is 10.6. The highest BCUT2D eigenvalue weighted by molar-refractivity contribution is 6.30. The van der Waals surface area contributed by atoms with Crippen molar-refractivity contribution in [2.75, 3.05) is 18.4 Å². The fourth-order valence-corrected chi connectivity index (χ4v) is 2.15. The quantitative estimate of drug-likeness (QED) is 0.888. The molecule has 0 bridgehead atoms. The van der Waals surface area contributed by atoms with E-state index >= 15 is 0 Å². The molecule has 0 atom stereocenters. The minimum absolute atomic E-state index is 0.0815. The maximum Gasteiger partial charge on any atom is 0.272 e. The van der Waals surface area contributed by atoms with Crippen molar-refractivity contribution in [3.05, 3.63) is 52.8 Å². The van der Waals surface area contributed by atoms with E-state index in [2.05, 4.69) is 15.3 Å². The van der Waals surface area contributed by atoms with Gasteiger partial charge in [0.2, 0.25) is 5.95 Å². The topological polar surface area (TPSA) is 58.1 Å². The number of nitrogens with zero attached hydrogens (tertiary/aromatic N) is 3. The van der Waals surface area contributed by atoms with Gasteiger partial charge in [-0.05, 0) is 37.6 Å². The second kappa shape index (κ2) is 7.75. The predicted octanol–water partition coefficient (Wildman–Crippen LogP) is 3.22. The lowest BCUT2D eigenvalue weighted by Gasteiger charge is -2.18. The molecular weight excluding hydrogens is 300 g/mol. The third-order valence-electron chi connectivity index (χ3n) is 3.29. The van der Waals surface area contributed by atoms with E-state index in [0.29, 0.717) is 36.3 Å². The first kappa shape index (κ1) is 16.2. The van der Waals surface area contributed by atoms with Gasteiger partial charge in [0, 0.05) is 30.9 Å². The molecule has 1 N–H and O–H groups in total. The molecule has 0 spiro atoms. The van der Waals surface area contributed by atoms with Crippen LogP contribution in [0.15, 0.2) is 36.5 Å². The van der Waals surface area contributed by atoms with E-state index in [4.69, 9.17) is 11.6 Å². The fourth-order valence-electron chi connectivity index (χ4n) is 2.02. The molecule has 0 radical (unpaired) electrons. The Morgan fingerprint density at radius 1 is 1.18 bits per heavy atom. The summed E-state index contributed by atoms with van der Waals surface area (Å²) >= 11 is 5.85. The van der Waals surface area contributed by atoms with Crippen molar-refractivity contribution >= 4 is 23.5 Å². The summed E-state index contributed by atoms with van der Waals surface area (Å²) < 4.78 is 0. The molecule has 5 nitrogen and oxygen atoms in total. The van der Waals surface area contributed by atoms with Crippen LogP contribution >= 0.6 is 11.6 Å². The highest BCUT2D eigenvalue weighted by atomic mass is 35.5. The Hall–Kier alpha value is -2.14. The molecule has 1 aromatic carbocycles. The zero-order valence-corrected chi connectivity index (χ0v) is 13.5. The van der Waals surface area contributed by atoms with Gasteiger partial charge in [-0.25, -0.2) is 9.97 Å². The van der Waals surface area contributed by atoms with Crippen LogP contribution in [0.1, 0.15) is 29.9 Å². The minimum atomic E-state index is -0.0815. The Labute approximate surface area is 135 Å². The molecule has 2 aromatic rings. The maximum atomic E-state index is 12.3. The van der Waals surface area contributed by atoms with Crippen molar-refractivity contribution in [1.29, 1.82) is 0 Å². The number of amides is 1. The monoisotopic (exact) mass is 318 g/mol. The number of halogens is 1. The molecule has 2 rings (SSSR count). The second-order valence-corrected chi connectivity index (χ2v) is 5.16. The standard InChI is InChI=1S/C16H19ClN4O/c1-3-21(4-2)15(22)14-9-10-18-16(20-14)19-11-12-5-7-13(17)8-6-12/h5-10H,3-4,11H2,1-2H3,(H,18,19,20). The van der Waals surface area contributed by atoms with E-state index in [-0.39, 0.29) is 5.91 Å². The molecule has 0 unspecified atom stereocenters. The number of nitrogens with one attached hydrogen (secondary N) is 1. The second-order valence-electron chi connectivity index (χ2n) is 4.72. The van der Waals surface area contributed by atoms with Gasteiger partial charge < -0.3 is 10.2 Å². The van der Waals surface area contributed by atoms with E-state index < -0.39 is 0 Å². The van der Waals surface area contributed by atoms with Crippen LogP contribution in [0.25, 0.3) is 0 Å². The number of aromatic nitrogens is 2. The zero-order valence-electron chi connectivity index (χ0n) is 12.7. The molecule has 0 fully saturated rings. The third-order valence-corrected chi connectivity index (χ3v) is 3.54. The average molecular weight is 319 g/mol. The summed E-state index contributed by atoms with van der Waals surface area (Å²) in [6.45, 7) is 5.78. The number of hydrogen-bond donors (Lipinski definition) is 1. The normalized spacial score (nSPS) is 10.3. The molecule has 116 valence electrons.